The highest BCUT2D eigenvalue weighted by atomic mass is 17.1. The fourth-order valence-corrected chi connectivity index (χ4v) is 0.120. The molecule has 0 saturated carbocycles. The lowest BCUT2D eigenvalue weighted by Crippen LogP contribution is -2.50. The van der Waals surface area contributed by atoms with Crippen molar-refractivity contribution in [3.63, 3.8) is 0 Å². The standard InChI is InChI=1S/H8N6O3/c1-3-5(7)9-6(8)4-2/h3-4,7-8H,1-2H2. The Morgan fingerprint density at radius 2 is 1.44 bits per heavy atom. The van der Waals surface area contributed by atoms with Gasteiger partial charge in [0.15, 0.2) is 0 Å². The second kappa shape index (κ2) is 4.51. The molecule has 9 heteroatoms. The lowest BCUT2D eigenvalue weighted by Gasteiger charge is -2.15. The van der Waals surface area contributed by atoms with Crippen molar-refractivity contribution in [2.75, 3.05) is 0 Å². The summed E-state index contributed by atoms with van der Waals surface area (Å²) in [6.07, 6.45) is 0. The summed E-state index contributed by atoms with van der Waals surface area (Å²) in [6.45, 7) is 0. The Morgan fingerprint density at radius 1 is 1.11 bits per heavy atom. The van der Waals surface area contributed by atoms with Crippen LogP contribution in [0, 0.1) is 0 Å². The minimum absolute atomic E-state index is 0.0835. The molecule has 0 heterocycles. The van der Waals surface area contributed by atoms with Crippen molar-refractivity contribution in [1.29, 1.82) is 0 Å². The van der Waals surface area contributed by atoms with Crippen LogP contribution in [0.25, 0.3) is 0 Å². The molecule has 0 aliphatic rings. The molecule has 0 aliphatic carbocycles. The van der Waals surface area contributed by atoms with E-state index in [0.717, 1.165) is 0 Å². The van der Waals surface area contributed by atoms with E-state index in [9.17, 15) is 0 Å². The summed E-state index contributed by atoms with van der Waals surface area (Å²) in [6, 6.07) is 0. The minimum atomic E-state index is -0.0835. The summed E-state index contributed by atoms with van der Waals surface area (Å²) < 4.78 is 0. The first-order chi connectivity index (χ1) is 4.20. The monoisotopic (exact) mass is 140 g/mol. The first kappa shape index (κ1) is 8.64. The molecular weight excluding hydrogens is 132 g/mol. The molecule has 56 valence electrons. The molecule has 0 rings (SSSR count). The molecular formula is H8N6O3. The number of rotatable bonds is 4. The summed E-state index contributed by atoms with van der Waals surface area (Å²) in [7, 11) is 0. The molecule has 0 spiro atoms. The van der Waals surface area contributed by atoms with Gasteiger partial charge < -0.3 is 0 Å². The molecule has 0 aromatic rings. The molecule has 0 fully saturated rings. The molecule has 0 bridgehead atoms. The summed E-state index contributed by atoms with van der Waals surface area (Å²) in [5.74, 6) is 9.14. The highest BCUT2D eigenvalue weighted by Crippen LogP contribution is 1.75. The van der Waals surface area contributed by atoms with E-state index < -0.39 is 0 Å². The zero-order valence-corrected chi connectivity index (χ0v) is 4.35. The maximum absolute atomic E-state index is 8.24. The Kier molecular flexibility index (Phi) is 4.33. The molecule has 9 nitrogen and oxygen atoms in total. The maximum atomic E-state index is 8.24. The van der Waals surface area contributed by atoms with Gasteiger partial charge in [0, 0.05) is 10.7 Å². The van der Waals surface area contributed by atoms with E-state index in [1.165, 1.54) is 0 Å². The highest BCUT2D eigenvalue weighted by molar-refractivity contribution is 3.85. The summed E-state index contributed by atoms with van der Waals surface area (Å²) in [5.41, 5.74) is 3.20. The van der Waals surface area contributed by atoms with Crippen molar-refractivity contribution in [2.45, 2.75) is 0 Å². The van der Waals surface area contributed by atoms with Gasteiger partial charge in [-0.25, -0.2) is 0 Å². The van der Waals surface area contributed by atoms with Crippen LogP contribution in [0.4, 0.5) is 0 Å². The number of nitrogens with two attached hydrogens (primary N) is 2. The SMILES string of the molecule is NNN(O)ON(O)NN. The molecule has 0 radical (unpaired) electrons. The lowest BCUT2D eigenvalue weighted by atomic mass is 12.3. The van der Waals surface area contributed by atoms with Crippen LogP contribution in [0.2, 0.25) is 0 Å². The molecule has 0 aromatic heterocycles. The maximum Gasteiger partial charge on any atom is 0.0444 e. The van der Waals surface area contributed by atoms with Gasteiger partial charge in [0.05, 0.1) is 0 Å². The van der Waals surface area contributed by atoms with Crippen LogP contribution in [0.5, 0.6) is 0 Å². The van der Waals surface area contributed by atoms with Gasteiger partial charge in [0.1, 0.15) is 0 Å². The first-order valence-corrected chi connectivity index (χ1v) is 1.79. The van der Waals surface area contributed by atoms with E-state index in [1.807, 2.05) is 0 Å². The van der Waals surface area contributed by atoms with Crippen molar-refractivity contribution >= 4 is 0 Å². The van der Waals surface area contributed by atoms with E-state index in [4.69, 9.17) is 10.4 Å². The van der Waals surface area contributed by atoms with Crippen molar-refractivity contribution < 1.29 is 15.4 Å². The fourth-order valence-electron chi connectivity index (χ4n) is 0.120. The van der Waals surface area contributed by atoms with Crippen LogP contribution in [-0.4, -0.2) is 21.1 Å². The Morgan fingerprint density at radius 3 is 1.67 bits per heavy atom. The third-order valence-electron chi connectivity index (χ3n) is 0.376. The lowest BCUT2D eigenvalue weighted by molar-refractivity contribution is -0.543. The van der Waals surface area contributed by atoms with Crippen LogP contribution in [0.15, 0.2) is 0 Å². The van der Waals surface area contributed by atoms with Gasteiger partial charge in [-0.05, 0) is 0 Å². The molecule has 0 aromatic carbocycles. The first-order valence-electron chi connectivity index (χ1n) is 1.79. The molecule has 0 atom stereocenters. The van der Waals surface area contributed by atoms with Gasteiger partial charge in [-0.3, -0.25) is 22.1 Å². The third-order valence-corrected chi connectivity index (χ3v) is 0.376. The predicted molar refractivity (Wildman–Crippen MR) is 23.0 cm³/mol. The molecule has 9 heavy (non-hydrogen) atoms. The highest BCUT2D eigenvalue weighted by Gasteiger charge is 2.01. The van der Waals surface area contributed by atoms with Crippen LogP contribution >= 0.6 is 0 Å². The number of hydrogen-bond acceptors (Lipinski definition) is 9. The topological polar surface area (TPSA) is 132 Å². The number of hydrazine groups is 4. The fraction of sp³-hybridized carbons (Fsp3) is 0. The second-order valence-electron chi connectivity index (χ2n) is 0.886. The summed E-state index contributed by atoms with van der Waals surface area (Å²) in [5, 5.41) is 16.3. The number of nitrogens with one attached hydrogen (secondary N) is 2. The second-order valence-corrected chi connectivity index (χ2v) is 0.886. The molecule has 0 aliphatic heterocycles. The van der Waals surface area contributed by atoms with Gasteiger partial charge in [0.2, 0.25) is 0 Å². The van der Waals surface area contributed by atoms with E-state index in [0.29, 0.717) is 0 Å². The predicted octanol–water partition coefficient (Wildman–Crippen LogP) is -3.03. The molecule has 8 N–H and O–H groups in total. The Balaban J connectivity index is 3.22. The average Bonchev–Trinajstić information content (AvgIpc) is 1.87. The molecule has 0 saturated heterocycles. The minimum Gasteiger partial charge on any atom is -0.273 e. The van der Waals surface area contributed by atoms with Crippen molar-refractivity contribution in [3.8, 4) is 0 Å². The Labute approximate surface area is 50.1 Å². The van der Waals surface area contributed by atoms with Gasteiger partial charge in [-0.1, -0.05) is 0 Å². The number of nitrogens with zero attached hydrogens (tertiary/aromatic N) is 2. The normalized spacial score (nSPS) is 11.3. The van der Waals surface area contributed by atoms with Crippen LogP contribution in [-0.2, 0) is 4.94 Å². The van der Waals surface area contributed by atoms with Crippen LogP contribution < -0.4 is 22.8 Å². The zero-order valence-electron chi connectivity index (χ0n) is 4.35. The summed E-state index contributed by atoms with van der Waals surface area (Å²) in [4.78, 5) is 3.85. The summed E-state index contributed by atoms with van der Waals surface area (Å²) >= 11 is 0. The third kappa shape index (κ3) is 4.16. The van der Waals surface area contributed by atoms with Crippen molar-refractivity contribution in [1.82, 2.24) is 21.7 Å². The van der Waals surface area contributed by atoms with Gasteiger partial charge in [-0.2, -0.15) is 0 Å². The smallest absolute Gasteiger partial charge is 0.0444 e. The Hall–Kier alpha value is -0.360. The van der Waals surface area contributed by atoms with Crippen molar-refractivity contribution in [2.24, 2.45) is 11.7 Å². The van der Waals surface area contributed by atoms with Gasteiger partial charge >= 0.3 is 0 Å². The Bertz CT molecular complexity index is 57.3. The quantitative estimate of drug-likeness (QED) is 0.178. The average molecular weight is 140 g/mol. The van der Waals surface area contributed by atoms with Gasteiger partial charge in [0.25, 0.3) is 0 Å². The van der Waals surface area contributed by atoms with E-state index in [1.54, 1.807) is 11.1 Å². The van der Waals surface area contributed by atoms with Crippen LogP contribution in [0.3, 0.4) is 0 Å². The van der Waals surface area contributed by atoms with Gasteiger partial charge in [-0.15, -0.1) is 16.0 Å². The molecule has 0 unspecified atom stereocenters. The van der Waals surface area contributed by atoms with E-state index in [-0.39, 0.29) is 10.7 Å². The number of hydrogen-bond donors (Lipinski definition) is 6. The van der Waals surface area contributed by atoms with Crippen molar-refractivity contribution in [3.05, 3.63) is 0 Å². The van der Waals surface area contributed by atoms with E-state index >= 15 is 0 Å². The zero-order chi connectivity index (χ0) is 7.28. The van der Waals surface area contributed by atoms with Crippen LogP contribution in [0.1, 0.15) is 0 Å². The molecule has 0 amide bonds. The van der Waals surface area contributed by atoms with E-state index in [2.05, 4.69) is 16.6 Å². The largest absolute Gasteiger partial charge is 0.273 e.